The standard InChI is InChI=1S/C56H37N5/c1-5-16-38(17-6-1)40-28-30-41(31-29-40)43-32-34-46-48-36-42(39-18-7-2-8-19-39)33-35-50(48)61(53(46)37-43)56-58-54-47(24-15-27-52(54)60(56)45-22-11-4-12-23-45)55-57-49-25-13-14-26-51(49)59(55)44-20-9-3-10-21-44/h1-37H. The molecular formula is C56H37N5. The van der Waals surface area contributed by atoms with Crippen LogP contribution in [0, 0.1) is 0 Å². The average Bonchev–Trinajstić information content (AvgIpc) is 4.02. The molecule has 0 aliphatic heterocycles. The number of para-hydroxylation sites is 5. The largest absolute Gasteiger partial charge is 0.292 e. The Morgan fingerprint density at radius 2 is 0.820 bits per heavy atom. The fourth-order valence-electron chi connectivity index (χ4n) is 9.01. The topological polar surface area (TPSA) is 40.6 Å². The molecule has 0 saturated carbocycles. The SMILES string of the molecule is c1ccc(-c2ccc(-c3ccc4c5cc(-c6ccccc6)ccc5n(-c5nc6c(-c7nc8ccccc8n7-c7ccccc7)cccc6n5-c5ccccc5)c4c3)cc2)cc1. The van der Waals surface area contributed by atoms with Crippen molar-refractivity contribution in [2.24, 2.45) is 0 Å². The van der Waals surface area contributed by atoms with E-state index in [1.165, 1.54) is 27.6 Å². The van der Waals surface area contributed by atoms with E-state index in [1.54, 1.807) is 0 Å². The van der Waals surface area contributed by atoms with Crippen molar-refractivity contribution in [3.63, 3.8) is 0 Å². The van der Waals surface area contributed by atoms with Gasteiger partial charge in [0.1, 0.15) is 11.3 Å². The van der Waals surface area contributed by atoms with Crippen LogP contribution in [0.25, 0.3) is 106 Å². The van der Waals surface area contributed by atoms with E-state index in [2.05, 4.69) is 238 Å². The molecule has 0 unspecified atom stereocenters. The lowest BCUT2D eigenvalue weighted by Crippen LogP contribution is -2.05. The fourth-order valence-corrected chi connectivity index (χ4v) is 9.01. The lowest BCUT2D eigenvalue weighted by molar-refractivity contribution is 0.956. The van der Waals surface area contributed by atoms with Gasteiger partial charge >= 0.3 is 0 Å². The Morgan fingerprint density at radius 3 is 1.52 bits per heavy atom. The number of benzene rings is 9. The summed E-state index contributed by atoms with van der Waals surface area (Å²) < 4.78 is 6.92. The van der Waals surface area contributed by atoms with Gasteiger partial charge in [0, 0.05) is 27.7 Å². The van der Waals surface area contributed by atoms with Crippen LogP contribution in [0.15, 0.2) is 224 Å². The lowest BCUT2D eigenvalue weighted by atomic mass is 9.99. The van der Waals surface area contributed by atoms with Crippen molar-refractivity contribution in [2.75, 3.05) is 0 Å². The van der Waals surface area contributed by atoms with E-state index in [1.807, 2.05) is 0 Å². The van der Waals surface area contributed by atoms with Crippen LogP contribution in [0.2, 0.25) is 0 Å². The van der Waals surface area contributed by atoms with Gasteiger partial charge in [0.15, 0.2) is 0 Å². The Labute approximate surface area is 352 Å². The molecule has 61 heavy (non-hydrogen) atoms. The van der Waals surface area contributed by atoms with Crippen LogP contribution in [0.3, 0.4) is 0 Å². The monoisotopic (exact) mass is 779 g/mol. The summed E-state index contributed by atoms with van der Waals surface area (Å²) in [5, 5.41) is 2.33. The summed E-state index contributed by atoms with van der Waals surface area (Å²) in [6.07, 6.45) is 0. The normalized spacial score (nSPS) is 11.6. The van der Waals surface area contributed by atoms with E-state index in [0.717, 1.165) is 78.3 Å². The number of fused-ring (bicyclic) bond motifs is 5. The fraction of sp³-hybridized carbons (Fsp3) is 0. The third-order valence-electron chi connectivity index (χ3n) is 11.9. The van der Waals surface area contributed by atoms with Crippen LogP contribution in [0.5, 0.6) is 0 Å². The van der Waals surface area contributed by atoms with E-state index < -0.39 is 0 Å². The number of hydrogen-bond acceptors (Lipinski definition) is 2. The molecule has 0 fully saturated rings. The second-order valence-corrected chi connectivity index (χ2v) is 15.5. The molecule has 5 nitrogen and oxygen atoms in total. The number of imidazole rings is 2. The zero-order valence-electron chi connectivity index (χ0n) is 33.1. The van der Waals surface area contributed by atoms with Crippen LogP contribution >= 0.6 is 0 Å². The first-order valence-corrected chi connectivity index (χ1v) is 20.7. The van der Waals surface area contributed by atoms with Crippen LogP contribution < -0.4 is 0 Å². The molecule has 9 aromatic carbocycles. The molecule has 12 rings (SSSR count). The molecular weight excluding hydrogens is 743 g/mol. The average molecular weight is 780 g/mol. The molecule has 3 heterocycles. The highest BCUT2D eigenvalue weighted by atomic mass is 15.3. The molecule has 0 bridgehead atoms. The van der Waals surface area contributed by atoms with Crippen molar-refractivity contribution in [2.45, 2.75) is 0 Å². The Hall–Kier alpha value is -8.28. The smallest absolute Gasteiger partial charge is 0.220 e. The highest BCUT2D eigenvalue weighted by Gasteiger charge is 2.24. The first-order chi connectivity index (χ1) is 30.3. The third-order valence-corrected chi connectivity index (χ3v) is 11.9. The number of rotatable bonds is 7. The molecule has 0 radical (unpaired) electrons. The van der Waals surface area contributed by atoms with E-state index in [-0.39, 0.29) is 0 Å². The molecule has 0 saturated heterocycles. The summed E-state index contributed by atoms with van der Waals surface area (Å²) in [7, 11) is 0. The van der Waals surface area contributed by atoms with Gasteiger partial charge in [-0.2, -0.15) is 0 Å². The second kappa shape index (κ2) is 14.2. The number of hydrogen-bond donors (Lipinski definition) is 0. The molecule has 0 amide bonds. The maximum absolute atomic E-state index is 5.71. The zero-order valence-corrected chi connectivity index (χ0v) is 33.1. The molecule has 12 aromatic rings. The minimum Gasteiger partial charge on any atom is -0.292 e. The van der Waals surface area contributed by atoms with Gasteiger partial charge in [-0.15, -0.1) is 0 Å². The van der Waals surface area contributed by atoms with E-state index in [9.17, 15) is 0 Å². The van der Waals surface area contributed by atoms with Gasteiger partial charge in [0.05, 0.1) is 27.6 Å². The minimum atomic E-state index is 0.806. The second-order valence-electron chi connectivity index (χ2n) is 15.5. The highest BCUT2D eigenvalue weighted by Crippen LogP contribution is 2.40. The van der Waals surface area contributed by atoms with Gasteiger partial charge in [0.2, 0.25) is 5.95 Å². The molecule has 0 aliphatic rings. The highest BCUT2D eigenvalue weighted by molar-refractivity contribution is 6.11. The van der Waals surface area contributed by atoms with Gasteiger partial charge in [-0.05, 0) is 100 Å². The molecule has 286 valence electrons. The van der Waals surface area contributed by atoms with Crippen molar-refractivity contribution < 1.29 is 0 Å². The summed E-state index contributed by atoms with van der Waals surface area (Å²) in [6.45, 7) is 0. The van der Waals surface area contributed by atoms with E-state index in [0.29, 0.717) is 0 Å². The van der Waals surface area contributed by atoms with Crippen molar-refractivity contribution in [3.05, 3.63) is 224 Å². The molecule has 0 aliphatic carbocycles. The predicted molar refractivity (Wildman–Crippen MR) is 252 cm³/mol. The summed E-state index contributed by atoms with van der Waals surface area (Å²) in [4.78, 5) is 11.0. The van der Waals surface area contributed by atoms with Crippen LogP contribution in [0.4, 0.5) is 0 Å². The van der Waals surface area contributed by atoms with Crippen molar-refractivity contribution in [3.8, 4) is 62.1 Å². The molecule has 5 heteroatoms. The Bertz CT molecular complexity index is 3550. The van der Waals surface area contributed by atoms with E-state index in [4.69, 9.17) is 9.97 Å². The minimum absolute atomic E-state index is 0.806. The van der Waals surface area contributed by atoms with Crippen LogP contribution in [-0.4, -0.2) is 23.7 Å². The summed E-state index contributed by atoms with van der Waals surface area (Å²) in [6, 6.07) is 79.7. The zero-order chi connectivity index (χ0) is 40.3. The van der Waals surface area contributed by atoms with E-state index >= 15 is 0 Å². The summed E-state index contributed by atoms with van der Waals surface area (Å²) >= 11 is 0. The van der Waals surface area contributed by atoms with Gasteiger partial charge < -0.3 is 0 Å². The third kappa shape index (κ3) is 5.78. The summed E-state index contributed by atoms with van der Waals surface area (Å²) in [5.74, 6) is 1.65. The Kier molecular flexibility index (Phi) is 8.10. The van der Waals surface area contributed by atoms with Gasteiger partial charge in [-0.3, -0.25) is 13.7 Å². The van der Waals surface area contributed by atoms with Gasteiger partial charge in [-0.25, -0.2) is 9.97 Å². The molecule has 3 aromatic heterocycles. The van der Waals surface area contributed by atoms with Crippen LogP contribution in [0.1, 0.15) is 0 Å². The summed E-state index contributed by atoms with van der Waals surface area (Å²) in [5.41, 5.74) is 16.1. The van der Waals surface area contributed by atoms with Crippen molar-refractivity contribution in [1.29, 1.82) is 0 Å². The molecule has 0 N–H and O–H groups in total. The maximum atomic E-state index is 5.71. The Morgan fingerprint density at radius 1 is 0.295 bits per heavy atom. The van der Waals surface area contributed by atoms with Crippen molar-refractivity contribution >= 4 is 43.9 Å². The number of aromatic nitrogens is 5. The molecule has 0 spiro atoms. The van der Waals surface area contributed by atoms with Gasteiger partial charge in [0.25, 0.3) is 0 Å². The Balaban J connectivity index is 1.14. The van der Waals surface area contributed by atoms with Crippen molar-refractivity contribution in [1.82, 2.24) is 23.7 Å². The van der Waals surface area contributed by atoms with Crippen LogP contribution in [-0.2, 0) is 0 Å². The van der Waals surface area contributed by atoms with Gasteiger partial charge in [-0.1, -0.05) is 158 Å². The first-order valence-electron chi connectivity index (χ1n) is 20.7. The quantitative estimate of drug-likeness (QED) is 0.162. The number of nitrogens with zero attached hydrogens (tertiary/aromatic N) is 5. The predicted octanol–water partition coefficient (Wildman–Crippen LogP) is 14.1. The molecule has 0 atom stereocenters. The maximum Gasteiger partial charge on any atom is 0.220 e. The first kappa shape index (κ1) is 34.7. The lowest BCUT2D eigenvalue weighted by Gasteiger charge is -2.13.